The maximum atomic E-state index is 13.2. The van der Waals surface area contributed by atoms with E-state index in [0.29, 0.717) is 11.6 Å². The van der Waals surface area contributed by atoms with Gasteiger partial charge in [-0.3, -0.25) is 4.79 Å². The number of aromatic amines is 1. The van der Waals surface area contributed by atoms with Crippen LogP contribution in [0.3, 0.4) is 0 Å². The third-order valence-electron chi connectivity index (χ3n) is 6.04. The van der Waals surface area contributed by atoms with E-state index in [-0.39, 0.29) is 11.7 Å². The standard InChI is InChI=1S/C24H27FN2O2/c1-16-21-14-20(29-2)11-12-22(21)26-23(16)24(28)27-13-3-4-18(15-27)6-5-17-7-9-19(25)10-8-17/h7-12,14,18,26H,3-6,13,15H2,1-2H3. The van der Waals surface area contributed by atoms with Gasteiger partial charge >= 0.3 is 0 Å². The van der Waals surface area contributed by atoms with Crippen LogP contribution in [0.1, 0.15) is 40.9 Å². The minimum atomic E-state index is -0.200. The average Bonchev–Trinajstić information content (AvgIpc) is 3.09. The number of carbonyl (C=O) groups excluding carboxylic acids is 1. The topological polar surface area (TPSA) is 45.3 Å². The van der Waals surface area contributed by atoms with Crippen molar-refractivity contribution in [1.82, 2.24) is 9.88 Å². The number of amides is 1. The minimum absolute atomic E-state index is 0.0733. The first-order valence-electron chi connectivity index (χ1n) is 10.2. The van der Waals surface area contributed by atoms with Crippen LogP contribution in [-0.4, -0.2) is 36.0 Å². The molecule has 0 bridgehead atoms. The molecule has 2 heterocycles. The Morgan fingerprint density at radius 2 is 2.03 bits per heavy atom. The maximum absolute atomic E-state index is 13.2. The summed E-state index contributed by atoms with van der Waals surface area (Å²) in [6, 6.07) is 12.6. The number of methoxy groups -OCH3 is 1. The van der Waals surface area contributed by atoms with Crippen molar-refractivity contribution in [3.8, 4) is 5.75 Å². The summed E-state index contributed by atoms with van der Waals surface area (Å²) in [6.07, 6.45) is 4.08. The molecular formula is C24H27FN2O2. The second-order valence-corrected chi connectivity index (χ2v) is 7.96. The van der Waals surface area contributed by atoms with Crippen LogP contribution in [0.25, 0.3) is 10.9 Å². The van der Waals surface area contributed by atoms with Crippen molar-refractivity contribution in [1.29, 1.82) is 0 Å². The molecule has 1 unspecified atom stereocenters. The zero-order chi connectivity index (χ0) is 20.4. The first-order chi connectivity index (χ1) is 14.0. The highest BCUT2D eigenvalue weighted by molar-refractivity contribution is 6.01. The summed E-state index contributed by atoms with van der Waals surface area (Å²) in [6.45, 7) is 3.56. The van der Waals surface area contributed by atoms with Gasteiger partial charge in [0, 0.05) is 24.0 Å². The van der Waals surface area contributed by atoms with E-state index < -0.39 is 0 Å². The molecule has 5 heteroatoms. The molecule has 4 rings (SSSR count). The Morgan fingerprint density at radius 3 is 2.79 bits per heavy atom. The van der Waals surface area contributed by atoms with E-state index in [1.807, 2.05) is 42.2 Å². The van der Waals surface area contributed by atoms with Crippen LogP contribution in [-0.2, 0) is 6.42 Å². The number of hydrogen-bond acceptors (Lipinski definition) is 2. The van der Waals surface area contributed by atoms with E-state index in [1.165, 1.54) is 12.1 Å². The lowest BCUT2D eigenvalue weighted by molar-refractivity contribution is 0.0662. The van der Waals surface area contributed by atoms with Crippen molar-refractivity contribution in [3.63, 3.8) is 0 Å². The van der Waals surface area contributed by atoms with Crippen molar-refractivity contribution < 1.29 is 13.9 Å². The maximum Gasteiger partial charge on any atom is 0.270 e. The summed E-state index contributed by atoms with van der Waals surface area (Å²) < 4.78 is 18.4. The molecule has 1 aliphatic heterocycles. The number of halogens is 1. The summed E-state index contributed by atoms with van der Waals surface area (Å²) in [4.78, 5) is 18.5. The highest BCUT2D eigenvalue weighted by Gasteiger charge is 2.26. The molecule has 1 aliphatic rings. The predicted molar refractivity (Wildman–Crippen MR) is 113 cm³/mol. The van der Waals surface area contributed by atoms with Crippen LogP contribution in [0.2, 0.25) is 0 Å². The number of aryl methyl sites for hydroxylation is 2. The molecule has 0 aliphatic carbocycles. The first-order valence-corrected chi connectivity index (χ1v) is 10.2. The van der Waals surface area contributed by atoms with Gasteiger partial charge in [0.2, 0.25) is 0 Å². The molecule has 1 N–H and O–H groups in total. The van der Waals surface area contributed by atoms with Crippen LogP contribution in [0.15, 0.2) is 42.5 Å². The summed E-state index contributed by atoms with van der Waals surface area (Å²) >= 11 is 0. The van der Waals surface area contributed by atoms with Crippen molar-refractivity contribution in [2.75, 3.05) is 20.2 Å². The van der Waals surface area contributed by atoms with Crippen LogP contribution in [0, 0.1) is 18.7 Å². The number of piperidine rings is 1. The molecule has 0 saturated carbocycles. The predicted octanol–water partition coefficient (Wildman–Crippen LogP) is 5.11. The Morgan fingerprint density at radius 1 is 1.24 bits per heavy atom. The van der Waals surface area contributed by atoms with Crippen LogP contribution >= 0.6 is 0 Å². The largest absolute Gasteiger partial charge is 0.497 e. The van der Waals surface area contributed by atoms with E-state index in [4.69, 9.17) is 4.74 Å². The third-order valence-corrected chi connectivity index (χ3v) is 6.04. The second-order valence-electron chi connectivity index (χ2n) is 7.96. The van der Waals surface area contributed by atoms with Crippen molar-refractivity contribution in [3.05, 3.63) is 65.1 Å². The summed E-state index contributed by atoms with van der Waals surface area (Å²) in [5.74, 6) is 1.14. The van der Waals surface area contributed by atoms with Gasteiger partial charge in [0.1, 0.15) is 17.3 Å². The van der Waals surface area contributed by atoms with E-state index in [9.17, 15) is 9.18 Å². The quantitative estimate of drug-likeness (QED) is 0.654. The number of carbonyl (C=O) groups is 1. The molecule has 1 saturated heterocycles. The number of hydrogen-bond donors (Lipinski definition) is 1. The Balaban J connectivity index is 1.45. The molecule has 1 fully saturated rings. The fraction of sp³-hybridized carbons (Fsp3) is 0.375. The van der Waals surface area contributed by atoms with Gasteiger partial charge in [0.25, 0.3) is 5.91 Å². The van der Waals surface area contributed by atoms with Crippen LogP contribution < -0.4 is 4.74 Å². The van der Waals surface area contributed by atoms with Crippen LogP contribution in [0.5, 0.6) is 5.75 Å². The zero-order valence-corrected chi connectivity index (χ0v) is 17.0. The molecular weight excluding hydrogens is 367 g/mol. The SMILES string of the molecule is COc1ccc2[nH]c(C(=O)N3CCCC(CCc4ccc(F)cc4)C3)c(C)c2c1. The van der Waals surface area contributed by atoms with Crippen LogP contribution in [0.4, 0.5) is 4.39 Å². The number of rotatable bonds is 5. The fourth-order valence-electron chi connectivity index (χ4n) is 4.31. The van der Waals surface area contributed by atoms with Crippen molar-refractivity contribution >= 4 is 16.8 Å². The molecule has 152 valence electrons. The van der Waals surface area contributed by atoms with Gasteiger partial charge in [-0.2, -0.15) is 0 Å². The minimum Gasteiger partial charge on any atom is -0.497 e. The van der Waals surface area contributed by atoms with E-state index in [2.05, 4.69) is 4.98 Å². The van der Waals surface area contributed by atoms with E-state index in [1.54, 1.807) is 7.11 Å². The number of nitrogens with zero attached hydrogens (tertiary/aromatic N) is 1. The number of ether oxygens (including phenoxy) is 1. The van der Waals surface area contributed by atoms with Gasteiger partial charge in [0.15, 0.2) is 0 Å². The number of fused-ring (bicyclic) bond motifs is 1. The number of benzene rings is 2. The number of H-pyrrole nitrogens is 1. The Kier molecular flexibility index (Phi) is 5.56. The van der Waals surface area contributed by atoms with Gasteiger partial charge < -0.3 is 14.6 Å². The Labute approximate surface area is 170 Å². The molecule has 0 radical (unpaired) electrons. The number of likely N-dealkylation sites (tertiary alicyclic amines) is 1. The molecule has 3 aromatic rings. The van der Waals surface area contributed by atoms with E-state index in [0.717, 1.165) is 66.6 Å². The van der Waals surface area contributed by atoms with Gasteiger partial charge in [-0.05, 0) is 80.0 Å². The summed E-state index contributed by atoms with van der Waals surface area (Å²) in [7, 11) is 1.65. The molecule has 29 heavy (non-hydrogen) atoms. The third kappa shape index (κ3) is 4.14. The average molecular weight is 394 g/mol. The lowest BCUT2D eigenvalue weighted by Gasteiger charge is -2.32. The van der Waals surface area contributed by atoms with Gasteiger partial charge in [-0.25, -0.2) is 4.39 Å². The number of nitrogens with one attached hydrogen (secondary N) is 1. The lowest BCUT2D eigenvalue weighted by atomic mass is 9.91. The summed E-state index contributed by atoms with van der Waals surface area (Å²) in [5.41, 5.74) is 3.75. The van der Waals surface area contributed by atoms with Gasteiger partial charge in [-0.1, -0.05) is 12.1 Å². The normalized spacial score (nSPS) is 16.9. The first kappa shape index (κ1) is 19.5. The highest BCUT2D eigenvalue weighted by Crippen LogP contribution is 2.28. The van der Waals surface area contributed by atoms with Gasteiger partial charge in [0.05, 0.1) is 7.11 Å². The smallest absolute Gasteiger partial charge is 0.270 e. The second kappa shape index (κ2) is 8.27. The summed E-state index contributed by atoms with van der Waals surface area (Å²) in [5, 5.41) is 1.03. The molecule has 1 aromatic heterocycles. The van der Waals surface area contributed by atoms with Crippen molar-refractivity contribution in [2.45, 2.75) is 32.6 Å². The molecule has 1 amide bonds. The van der Waals surface area contributed by atoms with E-state index >= 15 is 0 Å². The molecule has 1 atom stereocenters. The molecule has 0 spiro atoms. The Bertz CT molecular complexity index is 1010. The molecule has 4 nitrogen and oxygen atoms in total. The monoisotopic (exact) mass is 394 g/mol. The lowest BCUT2D eigenvalue weighted by Crippen LogP contribution is -2.40. The fourth-order valence-corrected chi connectivity index (χ4v) is 4.31. The Hall–Kier alpha value is -2.82. The molecule has 2 aromatic carbocycles. The zero-order valence-electron chi connectivity index (χ0n) is 17.0. The van der Waals surface area contributed by atoms with Gasteiger partial charge in [-0.15, -0.1) is 0 Å². The highest BCUT2D eigenvalue weighted by atomic mass is 19.1. The number of aromatic nitrogens is 1. The van der Waals surface area contributed by atoms with Crippen molar-refractivity contribution in [2.24, 2.45) is 5.92 Å².